The third-order valence-electron chi connectivity index (χ3n) is 5.61. The van der Waals surface area contributed by atoms with Crippen LogP contribution >= 0.6 is 0 Å². The summed E-state index contributed by atoms with van der Waals surface area (Å²) in [4.78, 5) is 2.10. The van der Waals surface area contributed by atoms with E-state index in [9.17, 15) is 15.8 Å². The Morgan fingerprint density at radius 1 is 1.14 bits per heavy atom. The van der Waals surface area contributed by atoms with Crippen LogP contribution in [0.1, 0.15) is 11.5 Å². The van der Waals surface area contributed by atoms with Gasteiger partial charge in [0, 0.05) is 24.9 Å². The van der Waals surface area contributed by atoms with Crippen molar-refractivity contribution in [3.05, 3.63) is 46.7 Å². The van der Waals surface area contributed by atoms with E-state index in [0.29, 0.717) is 24.6 Å². The van der Waals surface area contributed by atoms with Crippen LogP contribution in [-0.2, 0) is 0 Å². The molecule has 28 heavy (non-hydrogen) atoms. The summed E-state index contributed by atoms with van der Waals surface area (Å²) in [5, 5.41) is 29.8. The molecule has 2 N–H and O–H groups in total. The van der Waals surface area contributed by atoms with Crippen molar-refractivity contribution in [1.29, 1.82) is 15.8 Å². The molecule has 1 aromatic rings. The van der Waals surface area contributed by atoms with Crippen molar-refractivity contribution in [3.8, 4) is 29.7 Å². The first-order valence-electron chi connectivity index (χ1n) is 8.81. The molecule has 1 aliphatic carbocycles. The minimum atomic E-state index is -1.65. The van der Waals surface area contributed by atoms with Gasteiger partial charge in [-0.3, -0.25) is 0 Å². The van der Waals surface area contributed by atoms with E-state index >= 15 is 0 Å². The summed E-state index contributed by atoms with van der Waals surface area (Å²) in [5.74, 6) is 0.291. The summed E-state index contributed by atoms with van der Waals surface area (Å²) in [6, 6.07) is 11.7. The second-order valence-electron chi connectivity index (χ2n) is 7.01. The zero-order valence-electron chi connectivity index (χ0n) is 16.1. The Morgan fingerprint density at radius 3 is 2.39 bits per heavy atom. The highest BCUT2D eigenvalue weighted by Gasteiger charge is 2.54. The number of nitrogens with two attached hydrogens (primary N) is 1. The molecular weight excluding hydrogens is 354 g/mol. The maximum absolute atomic E-state index is 10.1. The number of allylic oxidation sites excluding steroid dienone is 2. The van der Waals surface area contributed by atoms with Gasteiger partial charge >= 0.3 is 0 Å². The molecule has 142 valence electrons. The highest BCUT2D eigenvalue weighted by atomic mass is 16.5. The summed E-state index contributed by atoms with van der Waals surface area (Å²) in [6.07, 6.45) is 1.96. The fourth-order valence-electron chi connectivity index (χ4n) is 4.25. The number of fused-ring (bicyclic) bond motifs is 1. The first kappa shape index (κ1) is 19.3. The van der Waals surface area contributed by atoms with Gasteiger partial charge in [-0.05, 0) is 30.3 Å². The number of nitrogens with zero attached hydrogens (tertiary/aromatic N) is 4. The predicted octanol–water partition coefficient (Wildman–Crippen LogP) is 2.06. The molecule has 0 unspecified atom stereocenters. The van der Waals surface area contributed by atoms with Crippen LogP contribution < -0.4 is 15.2 Å². The Morgan fingerprint density at radius 2 is 1.82 bits per heavy atom. The van der Waals surface area contributed by atoms with Crippen molar-refractivity contribution in [2.45, 2.75) is 5.92 Å². The summed E-state index contributed by atoms with van der Waals surface area (Å²) in [7, 11) is 5.04. The lowest BCUT2D eigenvalue weighted by molar-refractivity contribution is 0.237. The van der Waals surface area contributed by atoms with Gasteiger partial charge in [0.25, 0.3) is 0 Å². The first-order chi connectivity index (χ1) is 13.5. The maximum atomic E-state index is 10.1. The second kappa shape index (κ2) is 7.27. The molecule has 7 heteroatoms. The van der Waals surface area contributed by atoms with Crippen LogP contribution in [0.2, 0.25) is 0 Å². The van der Waals surface area contributed by atoms with Gasteiger partial charge in [-0.1, -0.05) is 12.1 Å². The van der Waals surface area contributed by atoms with Crippen LogP contribution in [0.15, 0.2) is 41.1 Å². The molecule has 2 atom stereocenters. The number of methoxy groups -OCH3 is 2. The van der Waals surface area contributed by atoms with Crippen molar-refractivity contribution in [1.82, 2.24) is 4.90 Å². The molecule has 0 saturated carbocycles. The standard InChI is InChI=1S/C21H21N5O2/c1-26-7-6-14-15(9-22)20(25)21(11-23,12-24)19(16(14)10-26)13-4-5-17(27-2)18(8-13)28-3/h4-6,8,16,19H,7,10,25H2,1-3H3/t16-,19+/m1/s1. The molecule has 7 nitrogen and oxygen atoms in total. The SMILES string of the molecule is COc1ccc([C@H]2[C@@H]3CN(C)CC=C3C(C#N)=C(N)C2(C#N)C#N)cc1OC. The van der Waals surface area contributed by atoms with Crippen molar-refractivity contribution in [3.63, 3.8) is 0 Å². The minimum absolute atomic E-state index is 0.0202. The lowest BCUT2D eigenvalue weighted by Gasteiger charge is -2.45. The zero-order valence-corrected chi connectivity index (χ0v) is 16.1. The molecule has 0 fully saturated rings. The van der Waals surface area contributed by atoms with E-state index in [1.54, 1.807) is 19.2 Å². The first-order valence-corrected chi connectivity index (χ1v) is 8.81. The molecule has 2 aliphatic rings. The average Bonchev–Trinajstić information content (AvgIpc) is 2.72. The Bertz CT molecular complexity index is 976. The minimum Gasteiger partial charge on any atom is -0.493 e. The number of hydrogen-bond donors (Lipinski definition) is 1. The van der Waals surface area contributed by atoms with Gasteiger partial charge < -0.3 is 20.1 Å². The van der Waals surface area contributed by atoms with Gasteiger partial charge in [-0.25, -0.2) is 0 Å². The van der Waals surface area contributed by atoms with Gasteiger partial charge in [0.2, 0.25) is 0 Å². The lowest BCUT2D eigenvalue weighted by Crippen LogP contribution is -2.47. The second-order valence-corrected chi connectivity index (χ2v) is 7.01. The largest absolute Gasteiger partial charge is 0.493 e. The van der Waals surface area contributed by atoms with E-state index in [0.717, 1.165) is 11.1 Å². The van der Waals surface area contributed by atoms with Crippen LogP contribution in [0.4, 0.5) is 0 Å². The number of rotatable bonds is 3. The van der Waals surface area contributed by atoms with Crippen molar-refractivity contribution < 1.29 is 9.47 Å². The predicted molar refractivity (Wildman–Crippen MR) is 102 cm³/mol. The summed E-state index contributed by atoms with van der Waals surface area (Å²) in [5.41, 5.74) is 6.45. The number of likely N-dealkylation sites (N-methyl/N-ethyl adjacent to an activating group) is 1. The highest BCUT2D eigenvalue weighted by Crippen LogP contribution is 2.54. The molecule has 1 aromatic carbocycles. The molecular formula is C21H21N5O2. The fraction of sp³-hybridized carbons (Fsp3) is 0.381. The van der Waals surface area contributed by atoms with Crippen molar-refractivity contribution in [2.75, 3.05) is 34.4 Å². The summed E-state index contributed by atoms with van der Waals surface area (Å²) < 4.78 is 10.7. The number of nitriles is 3. The average molecular weight is 375 g/mol. The third kappa shape index (κ3) is 2.67. The quantitative estimate of drug-likeness (QED) is 0.858. The summed E-state index contributed by atoms with van der Waals surface area (Å²) >= 11 is 0. The van der Waals surface area contributed by atoms with E-state index in [4.69, 9.17) is 15.2 Å². The van der Waals surface area contributed by atoms with E-state index in [1.165, 1.54) is 7.11 Å². The Kier molecular flexibility index (Phi) is 5.01. The van der Waals surface area contributed by atoms with E-state index in [-0.39, 0.29) is 17.2 Å². The lowest BCUT2D eigenvalue weighted by atomic mass is 9.58. The van der Waals surface area contributed by atoms with Gasteiger partial charge in [-0.15, -0.1) is 0 Å². The van der Waals surface area contributed by atoms with E-state index in [2.05, 4.69) is 23.1 Å². The molecule has 1 heterocycles. The Hall–Kier alpha value is -3.47. The van der Waals surface area contributed by atoms with E-state index in [1.807, 2.05) is 19.2 Å². The van der Waals surface area contributed by atoms with Crippen LogP contribution in [0.3, 0.4) is 0 Å². The molecule has 0 radical (unpaired) electrons. The summed E-state index contributed by atoms with van der Waals surface area (Å²) in [6.45, 7) is 1.28. The van der Waals surface area contributed by atoms with Gasteiger partial charge in [-0.2, -0.15) is 15.8 Å². The Balaban J connectivity index is 2.32. The van der Waals surface area contributed by atoms with Gasteiger partial charge in [0.1, 0.15) is 6.07 Å². The molecule has 0 spiro atoms. The van der Waals surface area contributed by atoms with Crippen LogP contribution in [0.25, 0.3) is 0 Å². The van der Waals surface area contributed by atoms with E-state index < -0.39 is 11.3 Å². The number of ether oxygens (including phenoxy) is 2. The maximum Gasteiger partial charge on any atom is 0.191 e. The molecule has 0 bridgehead atoms. The monoisotopic (exact) mass is 375 g/mol. The number of hydrogen-bond acceptors (Lipinski definition) is 7. The molecule has 3 rings (SSSR count). The molecule has 0 aromatic heterocycles. The third-order valence-corrected chi connectivity index (χ3v) is 5.61. The zero-order chi connectivity index (χ0) is 20.5. The van der Waals surface area contributed by atoms with Crippen molar-refractivity contribution >= 4 is 0 Å². The normalized spacial score (nSPS) is 23.5. The molecule has 0 amide bonds. The van der Waals surface area contributed by atoms with Crippen LogP contribution in [0.5, 0.6) is 11.5 Å². The van der Waals surface area contributed by atoms with Crippen LogP contribution in [-0.4, -0.2) is 39.3 Å². The van der Waals surface area contributed by atoms with Crippen LogP contribution in [0, 0.1) is 45.3 Å². The highest BCUT2D eigenvalue weighted by molar-refractivity contribution is 5.60. The number of benzene rings is 1. The van der Waals surface area contributed by atoms with Gasteiger partial charge in [0.15, 0.2) is 16.9 Å². The topological polar surface area (TPSA) is 119 Å². The molecule has 1 aliphatic heterocycles. The fourth-order valence-corrected chi connectivity index (χ4v) is 4.25. The smallest absolute Gasteiger partial charge is 0.191 e. The van der Waals surface area contributed by atoms with Crippen molar-refractivity contribution in [2.24, 2.45) is 17.1 Å². The Labute approximate surface area is 164 Å². The van der Waals surface area contributed by atoms with Gasteiger partial charge in [0.05, 0.1) is 37.6 Å². The molecule has 0 saturated heterocycles.